The molecular formula is C18H26N2O. The molecule has 1 atom stereocenters. The molecule has 0 radical (unpaired) electrons. The average Bonchev–Trinajstić information content (AvgIpc) is 2.60. The van der Waals surface area contributed by atoms with Crippen molar-refractivity contribution in [1.29, 1.82) is 0 Å². The van der Waals surface area contributed by atoms with Gasteiger partial charge in [-0.1, -0.05) is 17.7 Å². The predicted molar refractivity (Wildman–Crippen MR) is 86.7 cm³/mol. The van der Waals surface area contributed by atoms with Crippen molar-refractivity contribution in [2.45, 2.75) is 53.6 Å². The normalized spacial score (nSPS) is 12.7. The molecule has 0 amide bonds. The Hall–Kier alpha value is -1.61. The Balaban J connectivity index is 2.17. The largest absolute Gasteiger partial charge is 0.392 e. The average molecular weight is 286 g/mol. The lowest BCUT2D eigenvalue weighted by molar-refractivity contribution is 0.174. The maximum Gasteiger partial charge on any atom is 0.0629 e. The Labute approximate surface area is 127 Å². The summed E-state index contributed by atoms with van der Waals surface area (Å²) in [7, 11) is 1.95. The van der Waals surface area contributed by atoms with Gasteiger partial charge in [0.15, 0.2) is 0 Å². The molecule has 0 saturated carbocycles. The molecule has 1 aromatic heterocycles. The first-order chi connectivity index (χ1) is 9.79. The van der Waals surface area contributed by atoms with E-state index in [0.717, 1.165) is 11.4 Å². The summed E-state index contributed by atoms with van der Waals surface area (Å²) < 4.78 is 1.89. The number of aliphatic hydroxyl groups is 1. The summed E-state index contributed by atoms with van der Waals surface area (Å²) in [5, 5.41) is 14.9. The lowest BCUT2D eigenvalue weighted by Crippen LogP contribution is -2.16. The van der Waals surface area contributed by atoms with Crippen LogP contribution in [-0.4, -0.2) is 21.0 Å². The first-order valence-electron chi connectivity index (χ1n) is 7.53. The van der Waals surface area contributed by atoms with Crippen LogP contribution in [0.1, 0.15) is 39.2 Å². The van der Waals surface area contributed by atoms with Crippen LogP contribution >= 0.6 is 0 Å². The Morgan fingerprint density at radius 2 is 1.52 bits per heavy atom. The van der Waals surface area contributed by atoms with E-state index >= 15 is 0 Å². The molecule has 114 valence electrons. The number of rotatable bonds is 4. The number of aryl methyl sites for hydroxylation is 5. The topological polar surface area (TPSA) is 38.1 Å². The van der Waals surface area contributed by atoms with Crippen molar-refractivity contribution in [1.82, 2.24) is 9.78 Å². The highest BCUT2D eigenvalue weighted by atomic mass is 16.3. The smallest absolute Gasteiger partial charge is 0.0629 e. The fourth-order valence-electron chi connectivity index (χ4n) is 3.19. The molecule has 1 heterocycles. The summed E-state index contributed by atoms with van der Waals surface area (Å²) in [5.41, 5.74) is 8.43. The van der Waals surface area contributed by atoms with Gasteiger partial charge in [-0.2, -0.15) is 5.10 Å². The Morgan fingerprint density at radius 3 is 2.00 bits per heavy atom. The van der Waals surface area contributed by atoms with E-state index in [2.05, 4.69) is 44.9 Å². The molecular weight excluding hydrogens is 260 g/mol. The number of aromatic nitrogens is 2. The lowest BCUT2D eigenvalue weighted by atomic mass is 9.93. The van der Waals surface area contributed by atoms with Gasteiger partial charge in [-0.25, -0.2) is 0 Å². The number of hydrogen-bond acceptors (Lipinski definition) is 2. The van der Waals surface area contributed by atoms with Crippen molar-refractivity contribution in [3.05, 3.63) is 51.3 Å². The summed E-state index contributed by atoms with van der Waals surface area (Å²) in [5.74, 6) is 0. The van der Waals surface area contributed by atoms with Crippen molar-refractivity contribution < 1.29 is 5.11 Å². The van der Waals surface area contributed by atoms with Crippen LogP contribution in [0.2, 0.25) is 0 Å². The minimum atomic E-state index is -0.369. The first kappa shape index (κ1) is 15.8. The quantitative estimate of drug-likeness (QED) is 0.938. The second kappa shape index (κ2) is 6.02. The highest BCUT2D eigenvalue weighted by Gasteiger charge is 2.16. The van der Waals surface area contributed by atoms with E-state index in [-0.39, 0.29) is 6.10 Å². The number of aliphatic hydroxyl groups excluding tert-OH is 1. The van der Waals surface area contributed by atoms with Crippen molar-refractivity contribution >= 4 is 0 Å². The van der Waals surface area contributed by atoms with Crippen LogP contribution in [0.3, 0.4) is 0 Å². The molecule has 1 unspecified atom stereocenters. The van der Waals surface area contributed by atoms with Crippen molar-refractivity contribution in [3.63, 3.8) is 0 Å². The lowest BCUT2D eigenvalue weighted by Gasteiger charge is -2.16. The van der Waals surface area contributed by atoms with Crippen LogP contribution in [0.5, 0.6) is 0 Å². The molecule has 2 aromatic rings. The van der Waals surface area contributed by atoms with Gasteiger partial charge in [-0.3, -0.25) is 4.68 Å². The molecule has 0 fully saturated rings. The van der Waals surface area contributed by atoms with Crippen LogP contribution in [0.25, 0.3) is 0 Å². The standard InChI is InChI=1S/C18H26N2O/c1-11-7-12(2)17(13(3)8-11)9-16(21)10-18-14(4)19-20(6)15(18)5/h7-8,16,21H,9-10H2,1-6H3. The molecule has 3 nitrogen and oxygen atoms in total. The molecule has 21 heavy (non-hydrogen) atoms. The summed E-state index contributed by atoms with van der Waals surface area (Å²) in [6, 6.07) is 4.38. The summed E-state index contributed by atoms with van der Waals surface area (Å²) in [4.78, 5) is 0. The van der Waals surface area contributed by atoms with Gasteiger partial charge in [0.1, 0.15) is 0 Å². The second-order valence-corrected chi connectivity index (χ2v) is 6.21. The van der Waals surface area contributed by atoms with Gasteiger partial charge < -0.3 is 5.11 Å². The molecule has 1 aromatic carbocycles. The Morgan fingerprint density at radius 1 is 1.00 bits per heavy atom. The zero-order valence-electron chi connectivity index (χ0n) is 14.0. The molecule has 0 bridgehead atoms. The third-order valence-corrected chi connectivity index (χ3v) is 4.38. The van der Waals surface area contributed by atoms with E-state index in [1.165, 1.54) is 27.8 Å². The SMILES string of the molecule is Cc1cc(C)c(CC(O)Cc2c(C)nn(C)c2C)c(C)c1. The maximum atomic E-state index is 10.5. The number of hydrogen-bond donors (Lipinski definition) is 1. The molecule has 0 aliphatic carbocycles. The van der Waals surface area contributed by atoms with E-state index in [0.29, 0.717) is 12.8 Å². The van der Waals surface area contributed by atoms with E-state index < -0.39 is 0 Å². The third-order valence-electron chi connectivity index (χ3n) is 4.38. The molecule has 3 heteroatoms. The molecule has 2 rings (SSSR count). The highest BCUT2D eigenvalue weighted by Crippen LogP contribution is 2.21. The van der Waals surface area contributed by atoms with E-state index in [4.69, 9.17) is 0 Å². The fourth-order valence-corrected chi connectivity index (χ4v) is 3.19. The molecule has 0 spiro atoms. The number of nitrogens with zero attached hydrogens (tertiary/aromatic N) is 2. The minimum absolute atomic E-state index is 0.369. The summed E-state index contributed by atoms with van der Waals surface area (Å²) in [6.45, 7) is 10.4. The van der Waals surface area contributed by atoms with Crippen LogP contribution in [0, 0.1) is 34.6 Å². The van der Waals surface area contributed by atoms with Crippen LogP contribution in [-0.2, 0) is 19.9 Å². The van der Waals surface area contributed by atoms with Gasteiger partial charge in [0.25, 0.3) is 0 Å². The second-order valence-electron chi connectivity index (χ2n) is 6.21. The van der Waals surface area contributed by atoms with Crippen molar-refractivity contribution in [2.75, 3.05) is 0 Å². The minimum Gasteiger partial charge on any atom is -0.392 e. The molecule has 1 N–H and O–H groups in total. The number of benzene rings is 1. The van der Waals surface area contributed by atoms with Crippen LogP contribution < -0.4 is 0 Å². The van der Waals surface area contributed by atoms with Gasteiger partial charge in [0.05, 0.1) is 11.8 Å². The Kier molecular flexibility index (Phi) is 4.52. The summed E-state index contributed by atoms with van der Waals surface area (Å²) >= 11 is 0. The van der Waals surface area contributed by atoms with Crippen molar-refractivity contribution in [3.8, 4) is 0 Å². The fraction of sp³-hybridized carbons (Fsp3) is 0.500. The zero-order chi connectivity index (χ0) is 15.7. The highest BCUT2D eigenvalue weighted by molar-refractivity contribution is 5.38. The van der Waals surface area contributed by atoms with Gasteiger partial charge >= 0.3 is 0 Å². The first-order valence-corrected chi connectivity index (χ1v) is 7.53. The Bertz CT molecular complexity index is 632. The molecule has 0 saturated heterocycles. The van der Waals surface area contributed by atoms with Gasteiger partial charge in [0, 0.05) is 19.2 Å². The van der Waals surface area contributed by atoms with Crippen LogP contribution in [0.15, 0.2) is 12.1 Å². The monoisotopic (exact) mass is 286 g/mol. The van der Waals surface area contributed by atoms with Crippen molar-refractivity contribution in [2.24, 2.45) is 7.05 Å². The van der Waals surface area contributed by atoms with E-state index in [1.54, 1.807) is 0 Å². The van der Waals surface area contributed by atoms with Crippen LogP contribution in [0.4, 0.5) is 0 Å². The van der Waals surface area contributed by atoms with Gasteiger partial charge in [0.2, 0.25) is 0 Å². The zero-order valence-corrected chi connectivity index (χ0v) is 14.0. The molecule has 0 aliphatic heterocycles. The predicted octanol–water partition coefficient (Wildman–Crippen LogP) is 3.11. The molecule has 0 aliphatic rings. The van der Waals surface area contributed by atoms with Gasteiger partial charge in [-0.05, 0) is 63.3 Å². The van der Waals surface area contributed by atoms with Gasteiger partial charge in [-0.15, -0.1) is 0 Å². The third kappa shape index (κ3) is 3.35. The maximum absolute atomic E-state index is 10.5. The van der Waals surface area contributed by atoms with E-state index in [1.807, 2.05) is 18.7 Å². The summed E-state index contributed by atoms with van der Waals surface area (Å²) in [6.07, 6.45) is 0.996. The van der Waals surface area contributed by atoms with E-state index in [9.17, 15) is 5.11 Å².